The van der Waals surface area contributed by atoms with Crippen molar-refractivity contribution in [1.82, 2.24) is 10.3 Å². The highest BCUT2D eigenvalue weighted by Crippen LogP contribution is 2.18. The van der Waals surface area contributed by atoms with Gasteiger partial charge < -0.3 is 15.5 Å². The van der Waals surface area contributed by atoms with E-state index in [0.717, 1.165) is 25.1 Å². The van der Waals surface area contributed by atoms with Gasteiger partial charge in [0.15, 0.2) is 5.69 Å². The van der Waals surface area contributed by atoms with E-state index in [9.17, 15) is 4.79 Å². The zero-order chi connectivity index (χ0) is 9.97. The van der Waals surface area contributed by atoms with Crippen molar-refractivity contribution in [2.24, 2.45) is 5.73 Å². The molecule has 1 aliphatic heterocycles. The molecule has 5 nitrogen and oxygen atoms in total. The molecule has 0 radical (unpaired) electrons. The van der Waals surface area contributed by atoms with Crippen molar-refractivity contribution in [2.45, 2.75) is 6.42 Å². The van der Waals surface area contributed by atoms with Gasteiger partial charge in [-0.2, -0.15) is 0 Å². The molecule has 0 saturated heterocycles. The number of nitrogens with one attached hydrogen (secondary N) is 1. The lowest BCUT2D eigenvalue weighted by molar-refractivity contribution is 0.0995. The van der Waals surface area contributed by atoms with Crippen LogP contribution < -0.4 is 11.1 Å². The second-order valence-corrected chi connectivity index (χ2v) is 3.09. The number of amides is 1. The Balaban J connectivity index is 0.00000112. The van der Waals surface area contributed by atoms with Crippen LogP contribution in [0.25, 0.3) is 5.57 Å². The lowest BCUT2D eigenvalue weighted by atomic mass is 10.1. The predicted octanol–water partition coefficient (Wildman–Crippen LogP) is 0.572. The van der Waals surface area contributed by atoms with Gasteiger partial charge in [-0.25, -0.2) is 4.98 Å². The van der Waals surface area contributed by atoms with Crippen LogP contribution in [0.15, 0.2) is 16.8 Å². The van der Waals surface area contributed by atoms with E-state index < -0.39 is 5.91 Å². The molecule has 1 aromatic heterocycles. The molecule has 2 rings (SSSR count). The Bertz CT molecular complexity index is 386. The highest BCUT2D eigenvalue weighted by molar-refractivity contribution is 5.90. The molecule has 0 spiro atoms. The van der Waals surface area contributed by atoms with Crippen molar-refractivity contribution >= 4 is 23.9 Å². The summed E-state index contributed by atoms with van der Waals surface area (Å²) in [4.78, 5) is 14.8. The van der Waals surface area contributed by atoms with Crippen molar-refractivity contribution in [2.75, 3.05) is 13.1 Å². The number of hydrogen-bond donors (Lipinski definition) is 2. The summed E-state index contributed by atoms with van der Waals surface area (Å²) in [6.07, 6.45) is 4.15. The molecule has 0 fully saturated rings. The maximum absolute atomic E-state index is 10.8. The standard InChI is InChI=1S/C9H11N3O2.ClH/c10-8(13)7-5-14-9(12-7)6-1-3-11-4-2-6;/h1,5,11H,2-4H2,(H2,10,13);1H. The van der Waals surface area contributed by atoms with Crippen LogP contribution in [-0.4, -0.2) is 24.0 Å². The highest BCUT2D eigenvalue weighted by atomic mass is 35.5. The molecule has 0 aliphatic carbocycles. The monoisotopic (exact) mass is 229 g/mol. The lowest BCUT2D eigenvalue weighted by Crippen LogP contribution is -2.20. The molecule has 6 heteroatoms. The van der Waals surface area contributed by atoms with Crippen molar-refractivity contribution in [3.05, 3.63) is 23.9 Å². The Labute approximate surface area is 93.1 Å². The minimum absolute atomic E-state index is 0. The number of aromatic nitrogens is 1. The van der Waals surface area contributed by atoms with Crippen molar-refractivity contribution in [3.63, 3.8) is 0 Å². The summed E-state index contributed by atoms with van der Waals surface area (Å²) in [5, 5.41) is 3.18. The first-order valence-electron chi connectivity index (χ1n) is 4.43. The third-order valence-corrected chi connectivity index (χ3v) is 2.10. The fourth-order valence-electron chi connectivity index (χ4n) is 1.35. The molecule has 1 aromatic rings. The zero-order valence-corrected chi connectivity index (χ0v) is 8.84. The zero-order valence-electron chi connectivity index (χ0n) is 8.03. The van der Waals surface area contributed by atoms with E-state index >= 15 is 0 Å². The summed E-state index contributed by atoms with van der Waals surface area (Å²) in [6.45, 7) is 1.71. The van der Waals surface area contributed by atoms with Gasteiger partial charge in [0.2, 0.25) is 5.89 Å². The molecule has 15 heavy (non-hydrogen) atoms. The van der Waals surface area contributed by atoms with E-state index in [1.807, 2.05) is 6.08 Å². The Hall–Kier alpha value is -1.33. The molecule has 3 N–H and O–H groups in total. The summed E-state index contributed by atoms with van der Waals surface area (Å²) in [7, 11) is 0. The number of rotatable bonds is 2. The van der Waals surface area contributed by atoms with E-state index in [0.29, 0.717) is 5.89 Å². The molecule has 0 atom stereocenters. The molecule has 82 valence electrons. The second-order valence-electron chi connectivity index (χ2n) is 3.09. The largest absolute Gasteiger partial charge is 0.444 e. The smallest absolute Gasteiger partial charge is 0.270 e. The number of primary amides is 1. The van der Waals surface area contributed by atoms with Crippen LogP contribution >= 0.6 is 12.4 Å². The Morgan fingerprint density at radius 2 is 2.40 bits per heavy atom. The summed E-state index contributed by atoms with van der Waals surface area (Å²) in [5.74, 6) is -0.0603. The average Bonchev–Trinajstić information content (AvgIpc) is 2.68. The van der Waals surface area contributed by atoms with Crippen molar-refractivity contribution < 1.29 is 9.21 Å². The maximum atomic E-state index is 10.8. The minimum atomic E-state index is -0.561. The van der Waals surface area contributed by atoms with E-state index in [4.69, 9.17) is 10.2 Å². The van der Waals surface area contributed by atoms with Gasteiger partial charge in [0, 0.05) is 12.1 Å². The van der Waals surface area contributed by atoms with Crippen LogP contribution in [0.4, 0.5) is 0 Å². The quantitative estimate of drug-likeness (QED) is 0.777. The molecule has 1 amide bonds. The average molecular weight is 230 g/mol. The molecule has 0 unspecified atom stereocenters. The van der Waals surface area contributed by atoms with Gasteiger partial charge in [-0.1, -0.05) is 6.08 Å². The molecule has 0 saturated carbocycles. The van der Waals surface area contributed by atoms with Crippen LogP contribution in [0.5, 0.6) is 0 Å². The van der Waals surface area contributed by atoms with Crippen LogP contribution in [0.2, 0.25) is 0 Å². The lowest BCUT2D eigenvalue weighted by Gasteiger charge is -2.10. The Morgan fingerprint density at radius 1 is 1.60 bits per heavy atom. The van der Waals surface area contributed by atoms with Gasteiger partial charge in [0.05, 0.1) is 0 Å². The van der Waals surface area contributed by atoms with E-state index in [1.165, 1.54) is 6.26 Å². The summed E-state index contributed by atoms with van der Waals surface area (Å²) < 4.78 is 5.16. The molecule has 1 aliphatic rings. The molecule has 0 bridgehead atoms. The Morgan fingerprint density at radius 3 is 2.93 bits per heavy atom. The van der Waals surface area contributed by atoms with E-state index in [1.54, 1.807) is 0 Å². The first kappa shape index (κ1) is 11.7. The third kappa shape index (κ3) is 2.57. The highest BCUT2D eigenvalue weighted by Gasteiger charge is 2.13. The first-order chi connectivity index (χ1) is 6.77. The maximum Gasteiger partial charge on any atom is 0.270 e. The minimum Gasteiger partial charge on any atom is -0.444 e. The summed E-state index contributed by atoms with van der Waals surface area (Å²) >= 11 is 0. The number of oxazole rings is 1. The third-order valence-electron chi connectivity index (χ3n) is 2.10. The number of hydrogen-bond acceptors (Lipinski definition) is 4. The number of nitrogens with two attached hydrogens (primary N) is 1. The van der Waals surface area contributed by atoms with Gasteiger partial charge in [-0.15, -0.1) is 12.4 Å². The van der Waals surface area contributed by atoms with Gasteiger partial charge >= 0.3 is 0 Å². The number of carbonyl (C=O) groups is 1. The summed E-state index contributed by atoms with van der Waals surface area (Å²) in [5.41, 5.74) is 6.27. The van der Waals surface area contributed by atoms with Crippen LogP contribution in [0, 0.1) is 0 Å². The number of nitrogens with zero attached hydrogens (tertiary/aromatic N) is 1. The van der Waals surface area contributed by atoms with Crippen molar-refractivity contribution in [1.29, 1.82) is 0 Å². The predicted molar refractivity (Wildman–Crippen MR) is 57.7 cm³/mol. The SMILES string of the molecule is Cl.NC(=O)c1coc(C2=CCNCC2)n1. The molecule has 0 aromatic carbocycles. The van der Waals surface area contributed by atoms with Gasteiger partial charge in [-0.05, 0) is 13.0 Å². The number of carbonyl (C=O) groups excluding carboxylic acids is 1. The van der Waals surface area contributed by atoms with Gasteiger partial charge in [-0.3, -0.25) is 4.79 Å². The molecule has 2 heterocycles. The van der Waals surface area contributed by atoms with Crippen LogP contribution in [0.1, 0.15) is 22.8 Å². The van der Waals surface area contributed by atoms with Gasteiger partial charge in [0.1, 0.15) is 6.26 Å². The Kier molecular flexibility index (Phi) is 3.88. The normalized spacial score (nSPS) is 15.3. The van der Waals surface area contributed by atoms with Crippen LogP contribution in [0.3, 0.4) is 0 Å². The first-order valence-corrected chi connectivity index (χ1v) is 4.43. The number of halogens is 1. The topological polar surface area (TPSA) is 81.2 Å². The summed E-state index contributed by atoms with van der Waals surface area (Å²) in [6, 6.07) is 0. The fraction of sp³-hybridized carbons (Fsp3) is 0.333. The molecular formula is C9H12ClN3O2. The van der Waals surface area contributed by atoms with Gasteiger partial charge in [0.25, 0.3) is 5.91 Å². The van der Waals surface area contributed by atoms with E-state index in [-0.39, 0.29) is 18.1 Å². The fourth-order valence-corrected chi connectivity index (χ4v) is 1.35. The van der Waals surface area contributed by atoms with Crippen LogP contribution in [-0.2, 0) is 0 Å². The molecular weight excluding hydrogens is 218 g/mol. The van der Waals surface area contributed by atoms with Crippen molar-refractivity contribution in [3.8, 4) is 0 Å². The second kappa shape index (κ2) is 4.95. The van der Waals surface area contributed by atoms with E-state index in [2.05, 4.69) is 10.3 Å².